The summed E-state index contributed by atoms with van der Waals surface area (Å²) in [7, 11) is 0. The second-order valence-corrected chi connectivity index (χ2v) is 7.74. The molecule has 1 saturated carbocycles. The molecular formula is C18H28ClN. The molecule has 2 heteroatoms. The molecule has 0 radical (unpaired) electrons. The third kappa shape index (κ3) is 4.23. The third-order valence-corrected chi connectivity index (χ3v) is 4.73. The fraction of sp³-hybridized carbons (Fsp3) is 0.667. The Kier molecular flexibility index (Phi) is 5.14. The predicted octanol–water partition coefficient (Wildman–Crippen LogP) is 5.32. The van der Waals surface area contributed by atoms with Gasteiger partial charge in [0.2, 0.25) is 0 Å². The van der Waals surface area contributed by atoms with E-state index in [1.165, 1.54) is 44.1 Å². The largest absolute Gasteiger partial charge is 0.311 e. The van der Waals surface area contributed by atoms with Gasteiger partial charge >= 0.3 is 0 Å². The minimum absolute atomic E-state index is 0.172. The predicted molar refractivity (Wildman–Crippen MR) is 88.6 cm³/mol. The maximum absolute atomic E-state index is 6.06. The number of hydrogen-bond acceptors (Lipinski definition) is 1. The van der Waals surface area contributed by atoms with E-state index in [2.05, 4.69) is 38.2 Å². The average molecular weight is 294 g/mol. The molecule has 112 valence electrons. The Balaban J connectivity index is 2.24. The highest BCUT2D eigenvalue weighted by atomic mass is 35.5. The fourth-order valence-electron chi connectivity index (χ4n) is 3.21. The van der Waals surface area contributed by atoms with Crippen molar-refractivity contribution in [3.05, 3.63) is 34.9 Å². The Hall–Kier alpha value is -0.530. The van der Waals surface area contributed by atoms with Crippen LogP contribution in [0.25, 0.3) is 0 Å². The van der Waals surface area contributed by atoms with Gasteiger partial charge in [-0.1, -0.05) is 49.4 Å². The first kappa shape index (κ1) is 15.9. The zero-order valence-corrected chi connectivity index (χ0v) is 13.9. The van der Waals surface area contributed by atoms with Crippen molar-refractivity contribution in [3.63, 3.8) is 0 Å². The van der Waals surface area contributed by atoms with E-state index in [0.717, 1.165) is 11.6 Å². The van der Waals surface area contributed by atoms with E-state index in [9.17, 15) is 0 Å². The van der Waals surface area contributed by atoms with Crippen molar-refractivity contribution in [1.29, 1.82) is 0 Å². The summed E-state index contributed by atoms with van der Waals surface area (Å²) in [5.41, 5.74) is 1.92. The van der Waals surface area contributed by atoms with E-state index in [1.807, 2.05) is 12.1 Å². The molecular weight excluding hydrogens is 266 g/mol. The molecule has 1 aliphatic carbocycles. The Bertz CT molecular complexity index is 408. The minimum atomic E-state index is 0.172. The van der Waals surface area contributed by atoms with Crippen LogP contribution in [0.4, 0.5) is 0 Å². The van der Waals surface area contributed by atoms with Gasteiger partial charge in [-0.3, -0.25) is 0 Å². The normalized spacial score (nSPS) is 19.6. The third-order valence-electron chi connectivity index (χ3n) is 4.47. The summed E-state index contributed by atoms with van der Waals surface area (Å²) in [4.78, 5) is 0. The molecule has 0 saturated heterocycles. The van der Waals surface area contributed by atoms with Crippen LogP contribution in [0.5, 0.6) is 0 Å². The summed E-state index contributed by atoms with van der Waals surface area (Å²) in [6.45, 7) is 7.82. The van der Waals surface area contributed by atoms with Crippen LogP contribution in [-0.4, -0.2) is 12.1 Å². The molecule has 0 aliphatic heterocycles. The van der Waals surface area contributed by atoms with Crippen LogP contribution in [0.1, 0.15) is 64.9 Å². The van der Waals surface area contributed by atoms with Crippen LogP contribution in [0, 0.1) is 0 Å². The van der Waals surface area contributed by atoms with Crippen LogP contribution >= 0.6 is 11.6 Å². The molecule has 20 heavy (non-hydrogen) atoms. The molecule has 1 nitrogen and oxygen atoms in total. The SMILES string of the molecule is CC(C)(C)NCC1(c2ccc(Cl)cc2)CCCCCC1. The van der Waals surface area contributed by atoms with Crippen molar-refractivity contribution in [2.24, 2.45) is 0 Å². The van der Waals surface area contributed by atoms with Crippen LogP contribution in [0.3, 0.4) is 0 Å². The first-order chi connectivity index (χ1) is 9.41. The first-order valence-corrected chi connectivity index (χ1v) is 8.30. The highest BCUT2D eigenvalue weighted by Gasteiger charge is 2.33. The van der Waals surface area contributed by atoms with Gasteiger partial charge in [-0.2, -0.15) is 0 Å². The molecule has 2 rings (SSSR count). The van der Waals surface area contributed by atoms with E-state index in [-0.39, 0.29) is 11.0 Å². The maximum Gasteiger partial charge on any atom is 0.0406 e. The number of halogens is 1. The summed E-state index contributed by atoms with van der Waals surface area (Å²) >= 11 is 6.06. The maximum atomic E-state index is 6.06. The summed E-state index contributed by atoms with van der Waals surface area (Å²) < 4.78 is 0. The summed E-state index contributed by atoms with van der Waals surface area (Å²) in [6.07, 6.45) is 8.02. The van der Waals surface area contributed by atoms with Crippen molar-refractivity contribution in [1.82, 2.24) is 5.32 Å². The molecule has 0 spiro atoms. The average Bonchev–Trinajstić information content (AvgIpc) is 2.63. The van der Waals surface area contributed by atoms with E-state index < -0.39 is 0 Å². The van der Waals surface area contributed by atoms with Crippen molar-refractivity contribution >= 4 is 11.6 Å². The van der Waals surface area contributed by atoms with Crippen LogP contribution < -0.4 is 5.32 Å². The smallest absolute Gasteiger partial charge is 0.0406 e. The summed E-state index contributed by atoms with van der Waals surface area (Å²) in [6, 6.07) is 8.55. The highest BCUT2D eigenvalue weighted by molar-refractivity contribution is 6.30. The molecule has 0 amide bonds. The van der Waals surface area contributed by atoms with Gasteiger partial charge in [-0.25, -0.2) is 0 Å². The molecule has 1 N–H and O–H groups in total. The van der Waals surface area contributed by atoms with Gasteiger partial charge < -0.3 is 5.32 Å². The second-order valence-electron chi connectivity index (χ2n) is 7.30. The van der Waals surface area contributed by atoms with Gasteiger partial charge in [-0.15, -0.1) is 0 Å². The molecule has 1 aliphatic rings. The quantitative estimate of drug-likeness (QED) is 0.744. The van der Waals surface area contributed by atoms with Crippen molar-refractivity contribution in [2.75, 3.05) is 6.54 Å². The van der Waals surface area contributed by atoms with E-state index >= 15 is 0 Å². The summed E-state index contributed by atoms with van der Waals surface area (Å²) in [5.74, 6) is 0. The lowest BCUT2D eigenvalue weighted by Crippen LogP contribution is -2.46. The minimum Gasteiger partial charge on any atom is -0.311 e. The van der Waals surface area contributed by atoms with Crippen LogP contribution in [0.15, 0.2) is 24.3 Å². The Labute approximate surface area is 129 Å². The monoisotopic (exact) mass is 293 g/mol. The van der Waals surface area contributed by atoms with Gasteiger partial charge in [-0.05, 0) is 51.3 Å². The molecule has 1 aromatic carbocycles. The van der Waals surface area contributed by atoms with Gasteiger partial charge in [0.1, 0.15) is 0 Å². The van der Waals surface area contributed by atoms with E-state index in [1.54, 1.807) is 0 Å². The van der Waals surface area contributed by atoms with Gasteiger partial charge in [0.25, 0.3) is 0 Å². The molecule has 0 bridgehead atoms. The number of benzene rings is 1. The van der Waals surface area contributed by atoms with Crippen molar-refractivity contribution < 1.29 is 0 Å². The molecule has 1 aromatic rings. The molecule has 0 atom stereocenters. The Morgan fingerprint density at radius 3 is 2.05 bits per heavy atom. The fourth-order valence-corrected chi connectivity index (χ4v) is 3.34. The number of rotatable bonds is 3. The zero-order valence-electron chi connectivity index (χ0n) is 13.1. The highest BCUT2D eigenvalue weighted by Crippen LogP contribution is 2.38. The Morgan fingerprint density at radius 1 is 1.00 bits per heavy atom. The molecule has 1 fully saturated rings. The lowest BCUT2D eigenvalue weighted by molar-refractivity contribution is 0.300. The van der Waals surface area contributed by atoms with Gasteiger partial charge in [0.05, 0.1) is 0 Å². The topological polar surface area (TPSA) is 12.0 Å². The van der Waals surface area contributed by atoms with E-state index in [0.29, 0.717) is 0 Å². The number of hydrogen-bond donors (Lipinski definition) is 1. The standard InChI is InChI=1S/C18H28ClN/c1-17(2,3)20-14-18(12-6-4-5-7-13-18)15-8-10-16(19)11-9-15/h8-11,20H,4-7,12-14H2,1-3H3. The zero-order chi connectivity index (χ0) is 14.6. The molecule has 0 aromatic heterocycles. The molecule has 0 unspecified atom stereocenters. The first-order valence-electron chi connectivity index (χ1n) is 7.92. The Morgan fingerprint density at radius 2 is 1.55 bits per heavy atom. The van der Waals surface area contributed by atoms with Crippen molar-refractivity contribution in [2.45, 2.75) is 70.3 Å². The molecule has 0 heterocycles. The summed E-state index contributed by atoms with van der Waals surface area (Å²) in [5, 5.41) is 4.57. The lowest BCUT2D eigenvalue weighted by Gasteiger charge is -2.37. The van der Waals surface area contributed by atoms with Crippen LogP contribution in [-0.2, 0) is 5.41 Å². The number of nitrogens with one attached hydrogen (secondary N) is 1. The van der Waals surface area contributed by atoms with Gasteiger partial charge in [0.15, 0.2) is 0 Å². The van der Waals surface area contributed by atoms with Crippen LogP contribution in [0.2, 0.25) is 5.02 Å². The van der Waals surface area contributed by atoms with E-state index in [4.69, 9.17) is 11.6 Å². The lowest BCUT2D eigenvalue weighted by atomic mass is 9.74. The second kappa shape index (κ2) is 6.49. The van der Waals surface area contributed by atoms with Crippen molar-refractivity contribution in [3.8, 4) is 0 Å². The van der Waals surface area contributed by atoms with Gasteiger partial charge in [0, 0.05) is 22.5 Å².